The minimum Gasteiger partial charge on any atom is -0.491 e. The number of rotatable bonds is 8. The maximum absolute atomic E-state index is 12.4. The molecule has 2 aliphatic heterocycles. The Balaban J connectivity index is 1.21. The number of hydrogen-bond donors (Lipinski definition) is 1. The van der Waals surface area contributed by atoms with Crippen molar-refractivity contribution >= 4 is 45.2 Å². The standard InChI is InChI=1S/C27H34BrClN4O2/c1-31-12-10-23(11-13-31)33-16-14-32(15-17-33)18-19-35-26-20-22(7-8-24(26)28)30-27(34)9-6-21-4-2-3-5-25(21)29/h2-9,20,23H,10-19H2,1H3,(H,30,34)/b9-6+. The topological polar surface area (TPSA) is 48.1 Å². The number of piperazine rings is 1. The van der Waals surface area contributed by atoms with Gasteiger partial charge in [-0.2, -0.15) is 0 Å². The third-order valence-corrected chi connectivity index (χ3v) is 7.79. The number of benzene rings is 2. The maximum Gasteiger partial charge on any atom is 0.248 e. The lowest BCUT2D eigenvalue weighted by molar-refractivity contribution is -0.111. The van der Waals surface area contributed by atoms with Gasteiger partial charge in [0.05, 0.1) is 4.47 Å². The Morgan fingerprint density at radius 1 is 1.11 bits per heavy atom. The van der Waals surface area contributed by atoms with Crippen LogP contribution in [0, 0.1) is 0 Å². The summed E-state index contributed by atoms with van der Waals surface area (Å²) in [6.45, 7) is 8.38. The zero-order valence-corrected chi connectivity index (χ0v) is 22.6. The van der Waals surface area contributed by atoms with Crippen LogP contribution in [0.1, 0.15) is 18.4 Å². The minimum atomic E-state index is -0.222. The first-order chi connectivity index (χ1) is 17.0. The van der Waals surface area contributed by atoms with Crippen molar-refractivity contribution in [3.8, 4) is 5.75 Å². The Hall–Kier alpha value is -1.90. The molecule has 0 unspecified atom stereocenters. The lowest BCUT2D eigenvalue weighted by Gasteiger charge is -2.42. The van der Waals surface area contributed by atoms with E-state index in [1.54, 1.807) is 12.1 Å². The van der Waals surface area contributed by atoms with Crippen LogP contribution in [-0.4, -0.2) is 86.1 Å². The Kier molecular flexibility index (Phi) is 9.63. The highest BCUT2D eigenvalue weighted by molar-refractivity contribution is 9.10. The van der Waals surface area contributed by atoms with E-state index in [-0.39, 0.29) is 5.91 Å². The number of amides is 1. The second-order valence-electron chi connectivity index (χ2n) is 9.25. The van der Waals surface area contributed by atoms with Gasteiger partial charge in [-0.15, -0.1) is 0 Å². The molecule has 2 heterocycles. The molecule has 2 aromatic rings. The molecule has 2 fully saturated rings. The first-order valence-corrected chi connectivity index (χ1v) is 13.5. The van der Waals surface area contributed by atoms with Crippen LogP contribution in [-0.2, 0) is 4.79 Å². The Labute approximate surface area is 222 Å². The number of hydrogen-bond acceptors (Lipinski definition) is 5. The SMILES string of the molecule is CN1CCC(N2CCN(CCOc3cc(NC(=O)/C=C/c4ccccc4Cl)ccc3Br)CC2)CC1. The van der Waals surface area contributed by atoms with Gasteiger partial charge >= 0.3 is 0 Å². The normalized spacial score (nSPS) is 18.7. The average molecular weight is 562 g/mol. The van der Waals surface area contributed by atoms with Gasteiger partial charge in [0.15, 0.2) is 0 Å². The zero-order chi connectivity index (χ0) is 24.6. The van der Waals surface area contributed by atoms with Crippen molar-refractivity contribution in [1.29, 1.82) is 0 Å². The smallest absolute Gasteiger partial charge is 0.248 e. The van der Waals surface area contributed by atoms with Crippen molar-refractivity contribution in [3.05, 3.63) is 63.6 Å². The Morgan fingerprint density at radius 2 is 1.86 bits per heavy atom. The molecule has 0 atom stereocenters. The van der Waals surface area contributed by atoms with Gasteiger partial charge < -0.3 is 15.0 Å². The van der Waals surface area contributed by atoms with Gasteiger partial charge in [0.1, 0.15) is 12.4 Å². The first kappa shape index (κ1) is 26.2. The predicted molar refractivity (Wildman–Crippen MR) is 147 cm³/mol. The lowest BCUT2D eigenvalue weighted by Crippen LogP contribution is -2.53. The van der Waals surface area contributed by atoms with Crippen LogP contribution >= 0.6 is 27.5 Å². The quantitative estimate of drug-likeness (QED) is 0.467. The molecule has 1 N–H and O–H groups in total. The Morgan fingerprint density at radius 3 is 2.60 bits per heavy atom. The fraction of sp³-hybridized carbons (Fsp3) is 0.444. The number of ether oxygens (including phenoxy) is 1. The van der Waals surface area contributed by atoms with E-state index in [1.165, 1.54) is 32.0 Å². The van der Waals surface area contributed by atoms with Crippen LogP contribution in [0.15, 0.2) is 53.0 Å². The van der Waals surface area contributed by atoms with E-state index in [9.17, 15) is 4.79 Å². The molecule has 0 aliphatic carbocycles. The Bertz CT molecular complexity index is 1020. The third kappa shape index (κ3) is 7.79. The highest BCUT2D eigenvalue weighted by atomic mass is 79.9. The summed E-state index contributed by atoms with van der Waals surface area (Å²) in [5.74, 6) is 0.503. The van der Waals surface area contributed by atoms with Crippen molar-refractivity contribution in [2.75, 3.05) is 64.8 Å². The number of nitrogens with zero attached hydrogens (tertiary/aromatic N) is 3. The minimum absolute atomic E-state index is 0.222. The molecule has 4 rings (SSSR count). The number of nitrogens with one attached hydrogen (secondary N) is 1. The molecule has 8 heteroatoms. The van der Waals surface area contributed by atoms with E-state index in [2.05, 4.69) is 43.0 Å². The van der Waals surface area contributed by atoms with Crippen LogP contribution in [0.5, 0.6) is 5.75 Å². The van der Waals surface area contributed by atoms with E-state index in [4.69, 9.17) is 16.3 Å². The lowest BCUT2D eigenvalue weighted by atomic mass is 10.0. The fourth-order valence-corrected chi connectivity index (χ4v) is 5.21. The molecular weight excluding hydrogens is 528 g/mol. The summed E-state index contributed by atoms with van der Waals surface area (Å²) in [5, 5.41) is 3.50. The van der Waals surface area contributed by atoms with Gasteiger partial charge in [0.25, 0.3) is 0 Å². The van der Waals surface area contributed by atoms with Crippen LogP contribution in [0.25, 0.3) is 6.08 Å². The molecule has 6 nitrogen and oxygen atoms in total. The van der Waals surface area contributed by atoms with E-state index >= 15 is 0 Å². The van der Waals surface area contributed by atoms with Gasteiger partial charge in [-0.05, 0) is 78.7 Å². The number of likely N-dealkylation sites (tertiary alicyclic amines) is 1. The van der Waals surface area contributed by atoms with Crippen molar-refractivity contribution in [2.45, 2.75) is 18.9 Å². The molecule has 188 valence electrons. The summed E-state index contributed by atoms with van der Waals surface area (Å²) in [6.07, 6.45) is 5.77. The van der Waals surface area contributed by atoms with Crippen molar-refractivity contribution in [3.63, 3.8) is 0 Å². The molecule has 2 aromatic carbocycles. The second-order valence-corrected chi connectivity index (χ2v) is 10.5. The van der Waals surface area contributed by atoms with Crippen molar-refractivity contribution < 1.29 is 9.53 Å². The first-order valence-electron chi connectivity index (χ1n) is 12.3. The molecule has 0 spiro atoms. The summed E-state index contributed by atoms with van der Waals surface area (Å²) >= 11 is 9.70. The number of carbonyl (C=O) groups excluding carboxylic acids is 1. The predicted octanol–water partition coefficient (Wildman–Crippen LogP) is 4.85. The van der Waals surface area contributed by atoms with E-state index in [0.29, 0.717) is 17.3 Å². The van der Waals surface area contributed by atoms with Crippen molar-refractivity contribution in [2.24, 2.45) is 0 Å². The number of halogens is 2. The monoisotopic (exact) mass is 560 g/mol. The van der Waals surface area contributed by atoms with Crippen LogP contribution in [0.3, 0.4) is 0 Å². The van der Waals surface area contributed by atoms with E-state index in [1.807, 2.05) is 36.4 Å². The summed E-state index contributed by atoms with van der Waals surface area (Å²) in [4.78, 5) is 19.9. The third-order valence-electron chi connectivity index (χ3n) is 6.79. The molecule has 0 radical (unpaired) electrons. The summed E-state index contributed by atoms with van der Waals surface area (Å²) in [5.41, 5.74) is 1.49. The van der Waals surface area contributed by atoms with Crippen LogP contribution < -0.4 is 10.1 Å². The molecule has 1 amide bonds. The van der Waals surface area contributed by atoms with Crippen LogP contribution in [0.4, 0.5) is 5.69 Å². The summed E-state index contributed by atoms with van der Waals surface area (Å²) in [7, 11) is 2.22. The zero-order valence-electron chi connectivity index (χ0n) is 20.3. The summed E-state index contributed by atoms with van der Waals surface area (Å²) < 4.78 is 6.94. The molecule has 2 saturated heterocycles. The van der Waals surface area contributed by atoms with Crippen LogP contribution in [0.2, 0.25) is 5.02 Å². The number of piperidine rings is 1. The maximum atomic E-state index is 12.4. The molecule has 0 aromatic heterocycles. The van der Waals surface area contributed by atoms with Gasteiger partial charge in [0, 0.05) is 61.6 Å². The van der Waals surface area contributed by atoms with Gasteiger partial charge in [0.2, 0.25) is 5.91 Å². The highest BCUT2D eigenvalue weighted by Crippen LogP contribution is 2.28. The van der Waals surface area contributed by atoms with Crippen molar-refractivity contribution in [1.82, 2.24) is 14.7 Å². The number of carbonyl (C=O) groups is 1. The van der Waals surface area contributed by atoms with Gasteiger partial charge in [-0.25, -0.2) is 0 Å². The average Bonchev–Trinajstić information content (AvgIpc) is 2.86. The molecule has 2 aliphatic rings. The fourth-order valence-electron chi connectivity index (χ4n) is 4.65. The van der Waals surface area contributed by atoms with Gasteiger partial charge in [-0.1, -0.05) is 29.8 Å². The van der Waals surface area contributed by atoms with Gasteiger partial charge in [-0.3, -0.25) is 14.6 Å². The molecular formula is C27H34BrClN4O2. The second kappa shape index (κ2) is 12.9. The van der Waals surface area contributed by atoms with E-state index in [0.717, 1.165) is 54.6 Å². The molecule has 0 saturated carbocycles. The summed E-state index contributed by atoms with van der Waals surface area (Å²) in [6, 6.07) is 13.8. The highest BCUT2D eigenvalue weighted by Gasteiger charge is 2.26. The molecule has 35 heavy (non-hydrogen) atoms. The van der Waals surface area contributed by atoms with E-state index < -0.39 is 0 Å². The number of anilines is 1. The molecule has 0 bridgehead atoms. The largest absolute Gasteiger partial charge is 0.491 e.